The smallest absolute Gasteiger partial charge is 0.337 e. The number of sulfone groups is 1. The monoisotopic (exact) mass is 313 g/mol. The molecule has 0 aliphatic carbocycles. The number of nitrogens with one attached hydrogen (secondary N) is 2. The number of amides is 2. The number of aromatic nitrogens is 1. The fourth-order valence-electron chi connectivity index (χ4n) is 2.17. The first-order chi connectivity index (χ1) is 9.69. The van der Waals surface area contributed by atoms with Crippen molar-refractivity contribution >= 4 is 27.5 Å². The van der Waals surface area contributed by atoms with Crippen molar-refractivity contribution < 1.29 is 23.1 Å². The Bertz CT molecular complexity index is 688. The Morgan fingerprint density at radius 2 is 2.10 bits per heavy atom. The molecular formula is C12H15N3O5S. The number of hydrogen-bond donors (Lipinski definition) is 3. The SMILES string of the molecule is CC1(NC(=O)Nc2cncc(C(=O)O)c2)CCS(=O)(=O)C1. The third kappa shape index (κ3) is 3.91. The lowest BCUT2D eigenvalue weighted by atomic mass is 10.0. The average molecular weight is 313 g/mol. The van der Waals surface area contributed by atoms with Crippen LogP contribution in [0.4, 0.5) is 10.5 Å². The van der Waals surface area contributed by atoms with E-state index in [1.54, 1.807) is 6.92 Å². The molecule has 9 heteroatoms. The first kappa shape index (κ1) is 15.2. The van der Waals surface area contributed by atoms with Gasteiger partial charge in [0, 0.05) is 6.20 Å². The highest BCUT2D eigenvalue weighted by Crippen LogP contribution is 2.22. The number of carboxylic acid groups (broad SMARTS) is 1. The van der Waals surface area contributed by atoms with Gasteiger partial charge in [-0.15, -0.1) is 0 Å². The quantitative estimate of drug-likeness (QED) is 0.745. The Labute approximate surface area is 121 Å². The molecule has 1 atom stereocenters. The highest BCUT2D eigenvalue weighted by atomic mass is 32.2. The Balaban J connectivity index is 2.02. The van der Waals surface area contributed by atoms with Crippen LogP contribution in [-0.4, -0.2) is 47.6 Å². The van der Waals surface area contributed by atoms with Gasteiger partial charge in [-0.05, 0) is 19.4 Å². The average Bonchev–Trinajstić information content (AvgIpc) is 2.63. The number of rotatable bonds is 3. The van der Waals surface area contributed by atoms with E-state index in [1.807, 2.05) is 0 Å². The summed E-state index contributed by atoms with van der Waals surface area (Å²) in [6.45, 7) is 1.66. The van der Waals surface area contributed by atoms with Gasteiger partial charge in [-0.2, -0.15) is 0 Å². The minimum absolute atomic E-state index is 0.0415. The molecule has 21 heavy (non-hydrogen) atoms. The molecule has 3 N–H and O–H groups in total. The largest absolute Gasteiger partial charge is 0.478 e. The summed E-state index contributed by atoms with van der Waals surface area (Å²) in [7, 11) is -3.12. The van der Waals surface area contributed by atoms with Crippen molar-refractivity contribution in [3.63, 3.8) is 0 Å². The molecule has 1 saturated heterocycles. The van der Waals surface area contributed by atoms with Gasteiger partial charge in [0.2, 0.25) is 0 Å². The summed E-state index contributed by atoms with van der Waals surface area (Å²) in [5, 5.41) is 13.9. The van der Waals surface area contributed by atoms with Crippen LogP contribution in [0.2, 0.25) is 0 Å². The van der Waals surface area contributed by atoms with E-state index in [-0.39, 0.29) is 22.8 Å². The predicted octanol–water partition coefficient (Wildman–Crippen LogP) is 0.478. The summed E-state index contributed by atoms with van der Waals surface area (Å²) < 4.78 is 22.9. The molecule has 0 bridgehead atoms. The summed E-state index contributed by atoms with van der Waals surface area (Å²) in [5.41, 5.74) is -0.653. The van der Waals surface area contributed by atoms with E-state index in [9.17, 15) is 18.0 Å². The van der Waals surface area contributed by atoms with Crippen LogP contribution in [-0.2, 0) is 9.84 Å². The molecule has 1 aromatic heterocycles. The molecule has 0 saturated carbocycles. The highest BCUT2D eigenvalue weighted by Gasteiger charge is 2.39. The highest BCUT2D eigenvalue weighted by molar-refractivity contribution is 7.91. The Hall–Kier alpha value is -2.16. The maximum absolute atomic E-state index is 11.9. The predicted molar refractivity (Wildman–Crippen MR) is 75.0 cm³/mol. The van der Waals surface area contributed by atoms with Crippen LogP contribution in [0.5, 0.6) is 0 Å². The van der Waals surface area contributed by atoms with E-state index >= 15 is 0 Å². The fraction of sp³-hybridized carbons (Fsp3) is 0.417. The second-order valence-corrected chi connectivity index (χ2v) is 7.43. The molecule has 8 nitrogen and oxygen atoms in total. The summed E-state index contributed by atoms with van der Waals surface area (Å²) in [6, 6.07) is 0.668. The molecule has 1 unspecified atom stereocenters. The van der Waals surface area contributed by atoms with E-state index in [0.717, 1.165) is 6.20 Å². The molecule has 1 aliphatic rings. The van der Waals surface area contributed by atoms with Gasteiger partial charge in [-0.25, -0.2) is 18.0 Å². The normalized spacial score (nSPS) is 23.5. The molecule has 0 aromatic carbocycles. The first-order valence-corrected chi connectivity index (χ1v) is 7.99. The third-order valence-corrected chi connectivity index (χ3v) is 5.06. The number of aromatic carboxylic acids is 1. The Kier molecular flexibility index (Phi) is 3.86. The Morgan fingerprint density at radius 3 is 2.67 bits per heavy atom. The van der Waals surface area contributed by atoms with Gasteiger partial charge in [0.1, 0.15) is 0 Å². The van der Waals surface area contributed by atoms with Crippen molar-refractivity contribution in [2.24, 2.45) is 0 Å². The van der Waals surface area contributed by atoms with E-state index in [1.165, 1.54) is 12.3 Å². The van der Waals surface area contributed by atoms with Crippen LogP contribution in [0.25, 0.3) is 0 Å². The fourth-order valence-corrected chi connectivity index (χ4v) is 4.26. The molecule has 114 valence electrons. The van der Waals surface area contributed by atoms with Gasteiger partial charge in [0.25, 0.3) is 0 Å². The first-order valence-electron chi connectivity index (χ1n) is 6.17. The second-order valence-electron chi connectivity index (χ2n) is 5.25. The van der Waals surface area contributed by atoms with Crippen LogP contribution in [0.3, 0.4) is 0 Å². The molecule has 0 radical (unpaired) electrons. The number of urea groups is 1. The Morgan fingerprint density at radius 1 is 1.38 bits per heavy atom. The van der Waals surface area contributed by atoms with Gasteiger partial charge in [-0.3, -0.25) is 4.98 Å². The molecule has 2 amide bonds. The second kappa shape index (κ2) is 5.32. The molecule has 0 spiro atoms. The summed E-state index contributed by atoms with van der Waals surface area (Å²) >= 11 is 0. The van der Waals surface area contributed by atoms with Crippen LogP contribution in [0.1, 0.15) is 23.7 Å². The van der Waals surface area contributed by atoms with Crippen LogP contribution < -0.4 is 10.6 Å². The van der Waals surface area contributed by atoms with Gasteiger partial charge in [-0.1, -0.05) is 0 Å². The van der Waals surface area contributed by atoms with Crippen molar-refractivity contribution in [2.75, 3.05) is 16.8 Å². The van der Waals surface area contributed by atoms with E-state index in [2.05, 4.69) is 15.6 Å². The summed E-state index contributed by atoms with van der Waals surface area (Å²) in [6.07, 6.45) is 2.81. The topological polar surface area (TPSA) is 125 Å². The number of pyridine rings is 1. The number of hydrogen-bond acceptors (Lipinski definition) is 5. The third-order valence-electron chi connectivity index (χ3n) is 3.16. The van der Waals surface area contributed by atoms with Crippen molar-refractivity contribution in [3.05, 3.63) is 24.0 Å². The zero-order valence-electron chi connectivity index (χ0n) is 11.3. The van der Waals surface area contributed by atoms with Gasteiger partial charge in [0.15, 0.2) is 9.84 Å². The number of carbonyl (C=O) groups excluding carboxylic acids is 1. The standard InChI is InChI=1S/C12H15N3O5S/c1-12(2-3-21(19,20)7-12)15-11(18)14-9-4-8(10(16)17)5-13-6-9/h4-6H,2-3,7H2,1H3,(H,16,17)(H2,14,15,18). The van der Waals surface area contributed by atoms with Crippen molar-refractivity contribution in [3.8, 4) is 0 Å². The maximum Gasteiger partial charge on any atom is 0.337 e. The van der Waals surface area contributed by atoms with Crippen molar-refractivity contribution in [1.82, 2.24) is 10.3 Å². The lowest BCUT2D eigenvalue weighted by molar-refractivity contribution is 0.0696. The van der Waals surface area contributed by atoms with Gasteiger partial charge in [0.05, 0.1) is 34.5 Å². The van der Waals surface area contributed by atoms with Crippen LogP contribution in [0, 0.1) is 0 Å². The molecule has 1 aromatic rings. The van der Waals surface area contributed by atoms with E-state index in [0.29, 0.717) is 6.42 Å². The number of anilines is 1. The molecular weight excluding hydrogens is 298 g/mol. The minimum Gasteiger partial charge on any atom is -0.478 e. The van der Waals surface area contributed by atoms with Crippen molar-refractivity contribution in [2.45, 2.75) is 18.9 Å². The number of carboxylic acids is 1. The van der Waals surface area contributed by atoms with Crippen LogP contribution >= 0.6 is 0 Å². The number of nitrogens with zero attached hydrogens (tertiary/aromatic N) is 1. The summed E-state index contributed by atoms with van der Waals surface area (Å²) in [4.78, 5) is 26.4. The lowest BCUT2D eigenvalue weighted by Gasteiger charge is -2.23. The zero-order valence-corrected chi connectivity index (χ0v) is 12.1. The van der Waals surface area contributed by atoms with Crippen LogP contribution in [0.15, 0.2) is 18.5 Å². The molecule has 2 heterocycles. The minimum atomic E-state index is -3.12. The lowest BCUT2D eigenvalue weighted by Crippen LogP contribution is -2.48. The summed E-state index contributed by atoms with van der Waals surface area (Å²) in [5.74, 6) is -1.22. The van der Waals surface area contributed by atoms with Crippen molar-refractivity contribution in [1.29, 1.82) is 0 Å². The van der Waals surface area contributed by atoms with Gasteiger partial charge >= 0.3 is 12.0 Å². The van der Waals surface area contributed by atoms with E-state index in [4.69, 9.17) is 5.11 Å². The molecule has 2 rings (SSSR count). The van der Waals surface area contributed by atoms with E-state index < -0.39 is 27.4 Å². The molecule has 1 fully saturated rings. The van der Waals surface area contributed by atoms with Gasteiger partial charge < -0.3 is 15.7 Å². The zero-order chi connectivity index (χ0) is 15.7. The molecule has 1 aliphatic heterocycles. The number of carbonyl (C=O) groups is 2. The maximum atomic E-state index is 11.9.